The highest BCUT2D eigenvalue weighted by Gasteiger charge is 2.53. The van der Waals surface area contributed by atoms with Gasteiger partial charge in [0.1, 0.15) is 18.8 Å². The van der Waals surface area contributed by atoms with Crippen LogP contribution < -0.4 is 10.6 Å². The van der Waals surface area contributed by atoms with Crippen molar-refractivity contribution in [2.24, 2.45) is 5.92 Å². The summed E-state index contributed by atoms with van der Waals surface area (Å²) in [6.45, 7) is 6.54. The van der Waals surface area contributed by atoms with Gasteiger partial charge in [0.2, 0.25) is 5.91 Å². The van der Waals surface area contributed by atoms with E-state index in [-0.39, 0.29) is 0 Å². The normalized spacial score (nSPS) is 24.4. The minimum Gasteiger partial charge on any atom is -0.468 e. The van der Waals surface area contributed by atoms with E-state index in [0.29, 0.717) is 0 Å². The number of methoxy groups -OCH3 is 1. The van der Waals surface area contributed by atoms with Crippen LogP contribution in [0, 0.1) is 5.92 Å². The van der Waals surface area contributed by atoms with Gasteiger partial charge >= 0.3 is 29.8 Å². The summed E-state index contributed by atoms with van der Waals surface area (Å²) in [4.78, 5) is 72.4. The van der Waals surface area contributed by atoms with Crippen molar-refractivity contribution in [3.05, 3.63) is 0 Å². The third-order valence-electron chi connectivity index (χ3n) is 5.27. The van der Waals surface area contributed by atoms with Crippen LogP contribution >= 0.6 is 0 Å². The van der Waals surface area contributed by atoms with Crippen LogP contribution in [0.4, 0.5) is 0 Å². The molecule has 0 radical (unpaired) electrons. The number of hydrogen-bond acceptors (Lipinski definition) is 14. The Morgan fingerprint density at radius 2 is 1.37 bits per heavy atom. The molecule has 38 heavy (non-hydrogen) atoms. The zero-order valence-electron chi connectivity index (χ0n) is 22.4. The van der Waals surface area contributed by atoms with E-state index in [9.17, 15) is 33.9 Å². The molecule has 0 aromatic carbocycles. The molecule has 0 aromatic heterocycles. The highest BCUT2D eigenvalue weighted by atomic mass is 16.7. The van der Waals surface area contributed by atoms with Gasteiger partial charge in [0.15, 0.2) is 24.5 Å². The Morgan fingerprint density at radius 1 is 0.842 bits per heavy atom. The molecule has 0 bridgehead atoms. The van der Waals surface area contributed by atoms with Crippen LogP contribution in [0.25, 0.3) is 0 Å². The van der Waals surface area contributed by atoms with Crippen LogP contribution in [-0.4, -0.2) is 104 Å². The van der Waals surface area contributed by atoms with Gasteiger partial charge in [-0.15, -0.1) is 0 Å². The van der Waals surface area contributed by atoms with Crippen LogP contribution in [0.1, 0.15) is 41.5 Å². The number of ether oxygens (including phenoxy) is 6. The van der Waals surface area contributed by atoms with E-state index in [0.717, 1.165) is 34.8 Å². The SMILES string of the molecule is COC(=O)[C@H](CO)NC(C(=O)N[C@H]1O[C@H](COC(C)=O)[C@@H](OC(C)=O)[C@H](OC(C)=O)[C@H]1OC(C)=O)C(C)C. The van der Waals surface area contributed by atoms with Crippen molar-refractivity contribution in [1.82, 2.24) is 10.6 Å². The zero-order valence-corrected chi connectivity index (χ0v) is 22.4. The van der Waals surface area contributed by atoms with Crippen LogP contribution in [0.3, 0.4) is 0 Å². The van der Waals surface area contributed by atoms with Crippen LogP contribution in [0.5, 0.6) is 0 Å². The van der Waals surface area contributed by atoms with Crippen LogP contribution in [0.2, 0.25) is 0 Å². The summed E-state index contributed by atoms with van der Waals surface area (Å²) in [5, 5.41) is 14.8. The van der Waals surface area contributed by atoms with Crippen molar-refractivity contribution in [2.45, 2.75) is 84.3 Å². The molecule has 216 valence electrons. The maximum atomic E-state index is 13.3. The maximum Gasteiger partial charge on any atom is 0.325 e. The maximum absolute atomic E-state index is 13.3. The van der Waals surface area contributed by atoms with Gasteiger partial charge in [0, 0.05) is 27.7 Å². The summed E-state index contributed by atoms with van der Waals surface area (Å²) < 4.78 is 31.4. The second kappa shape index (κ2) is 15.2. The van der Waals surface area contributed by atoms with E-state index in [2.05, 4.69) is 15.4 Å². The number of nitrogens with one attached hydrogen (secondary N) is 2. The van der Waals surface area contributed by atoms with Crippen LogP contribution in [-0.2, 0) is 57.2 Å². The van der Waals surface area contributed by atoms with Gasteiger partial charge in [0.25, 0.3) is 0 Å². The number of aliphatic hydroxyl groups is 1. The fourth-order valence-corrected chi connectivity index (χ4v) is 3.70. The van der Waals surface area contributed by atoms with Crippen molar-refractivity contribution >= 4 is 35.8 Å². The van der Waals surface area contributed by atoms with E-state index in [1.165, 1.54) is 0 Å². The largest absolute Gasteiger partial charge is 0.468 e. The molecule has 1 fully saturated rings. The van der Waals surface area contributed by atoms with Gasteiger partial charge in [-0.2, -0.15) is 0 Å². The minimum atomic E-state index is -1.50. The van der Waals surface area contributed by atoms with E-state index < -0.39 is 97.6 Å². The number of carbonyl (C=O) groups excluding carboxylic acids is 6. The highest BCUT2D eigenvalue weighted by molar-refractivity contribution is 5.84. The second-order valence-corrected chi connectivity index (χ2v) is 8.78. The molecule has 1 heterocycles. The van der Waals surface area contributed by atoms with Gasteiger partial charge in [-0.25, -0.2) is 0 Å². The molecule has 0 aromatic rings. The van der Waals surface area contributed by atoms with Crippen molar-refractivity contribution < 1.29 is 62.3 Å². The Labute approximate surface area is 219 Å². The van der Waals surface area contributed by atoms with Crippen molar-refractivity contribution in [2.75, 3.05) is 20.3 Å². The Morgan fingerprint density at radius 3 is 1.82 bits per heavy atom. The first-order valence-corrected chi connectivity index (χ1v) is 11.8. The van der Waals surface area contributed by atoms with E-state index >= 15 is 0 Å². The first-order chi connectivity index (χ1) is 17.7. The van der Waals surface area contributed by atoms with Crippen molar-refractivity contribution in [1.29, 1.82) is 0 Å². The predicted molar refractivity (Wildman–Crippen MR) is 125 cm³/mol. The van der Waals surface area contributed by atoms with Gasteiger partial charge < -0.3 is 38.8 Å². The fraction of sp³-hybridized carbons (Fsp3) is 0.739. The summed E-state index contributed by atoms with van der Waals surface area (Å²) in [5.74, 6) is -5.13. The quantitative estimate of drug-likeness (QED) is 0.184. The van der Waals surface area contributed by atoms with Crippen molar-refractivity contribution in [3.8, 4) is 0 Å². The van der Waals surface area contributed by atoms with E-state index in [4.69, 9.17) is 23.7 Å². The lowest BCUT2D eigenvalue weighted by Crippen LogP contribution is -2.67. The highest BCUT2D eigenvalue weighted by Crippen LogP contribution is 2.28. The lowest BCUT2D eigenvalue weighted by molar-refractivity contribution is -0.257. The summed E-state index contributed by atoms with van der Waals surface area (Å²) in [6.07, 6.45) is -7.09. The molecule has 0 saturated carbocycles. The lowest BCUT2D eigenvalue weighted by Gasteiger charge is -2.44. The number of amides is 1. The van der Waals surface area contributed by atoms with Crippen molar-refractivity contribution in [3.63, 3.8) is 0 Å². The minimum absolute atomic E-state index is 0.431. The van der Waals surface area contributed by atoms with Gasteiger partial charge in [0.05, 0.1) is 19.8 Å². The third-order valence-corrected chi connectivity index (χ3v) is 5.27. The smallest absolute Gasteiger partial charge is 0.325 e. The summed E-state index contributed by atoms with van der Waals surface area (Å²) in [5.41, 5.74) is 0. The Hall–Kier alpha value is -3.30. The van der Waals surface area contributed by atoms with Gasteiger partial charge in [-0.05, 0) is 5.92 Å². The molecule has 15 nitrogen and oxygen atoms in total. The molecule has 1 rings (SSSR count). The standard InChI is InChI=1S/C23H36N2O13/c1-10(2)17(24-15(8-26)23(32)33-7)21(31)25-22-20(37-14(6)30)19(36-13(5)29)18(35-12(4)28)16(38-22)9-34-11(3)27/h10,15-20,22,24,26H,8-9H2,1-7H3,(H,25,31)/t15-,16+,17?,18+,19-,20+,22-/m0/s1. The molecule has 0 spiro atoms. The summed E-state index contributed by atoms with van der Waals surface area (Å²) in [7, 11) is 1.12. The molecule has 7 atom stereocenters. The molecule has 0 aliphatic carbocycles. The van der Waals surface area contributed by atoms with E-state index in [1.54, 1.807) is 13.8 Å². The predicted octanol–water partition coefficient (Wildman–Crippen LogP) is -1.67. The lowest BCUT2D eigenvalue weighted by atomic mass is 9.96. The number of carbonyl (C=O) groups is 6. The number of esters is 5. The molecular weight excluding hydrogens is 512 g/mol. The molecule has 1 aliphatic rings. The Bertz CT molecular complexity index is 877. The van der Waals surface area contributed by atoms with Gasteiger partial charge in [-0.1, -0.05) is 13.8 Å². The Balaban J connectivity index is 3.42. The topological polar surface area (TPSA) is 202 Å². The first kappa shape index (κ1) is 32.7. The third kappa shape index (κ3) is 9.87. The summed E-state index contributed by atoms with van der Waals surface area (Å²) >= 11 is 0. The molecular formula is C23H36N2O13. The number of aliphatic hydroxyl groups excluding tert-OH is 1. The van der Waals surface area contributed by atoms with E-state index in [1.807, 2.05) is 0 Å². The second-order valence-electron chi connectivity index (χ2n) is 8.78. The van der Waals surface area contributed by atoms with Crippen LogP contribution in [0.15, 0.2) is 0 Å². The first-order valence-electron chi connectivity index (χ1n) is 11.8. The molecule has 1 unspecified atom stereocenters. The zero-order chi connectivity index (χ0) is 29.2. The average Bonchev–Trinajstić information content (AvgIpc) is 2.80. The Kier molecular flexibility index (Phi) is 13.1. The molecule has 3 N–H and O–H groups in total. The summed E-state index contributed by atoms with van der Waals surface area (Å²) in [6, 6.07) is -2.31. The van der Waals surface area contributed by atoms with Gasteiger partial charge in [-0.3, -0.25) is 34.1 Å². The molecule has 15 heteroatoms. The fourth-order valence-electron chi connectivity index (χ4n) is 3.70. The molecule has 1 aliphatic heterocycles. The average molecular weight is 549 g/mol. The number of rotatable bonds is 12. The molecule has 1 saturated heterocycles. The number of hydrogen-bond donors (Lipinski definition) is 3. The molecule has 1 amide bonds. The monoisotopic (exact) mass is 548 g/mol.